The predicted octanol–water partition coefficient (Wildman–Crippen LogP) is 2.61. The molecule has 2 rings (SSSR count). The molecule has 6 heteroatoms. The first-order chi connectivity index (χ1) is 11.2. The third-order valence-corrected chi connectivity index (χ3v) is 3.51. The maximum absolute atomic E-state index is 12.0. The van der Waals surface area contributed by atoms with Crippen LogP contribution in [0.5, 0.6) is 11.5 Å². The molecule has 6 nitrogen and oxygen atoms in total. The Morgan fingerprint density at radius 2 is 1.83 bits per heavy atom. The molecule has 0 amide bonds. The Balaban J connectivity index is 2.62. The Kier molecular flexibility index (Phi) is 5.87. The number of methoxy groups -OCH3 is 1. The van der Waals surface area contributed by atoms with E-state index in [1.54, 1.807) is 6.20 Å². The van der Waals surface area contributed by atoms with Gasteiger partial charge in [0.1, 0.15) is 0 Å². The zero-order valence-electron chi connectivity index (χ0n) is 13.8. The Labute approximate surface area is 135 Å². The number of aryl methyl sites for hydroxylation is 1. The lowest BCUT2D eigenvalue weighted by Crippen LogP contribution is -2.01. The molecule has 23 heavy (non-hydrogen) atoms. The first-order valence-electron chi connectivity index (χ1n) is 7.77. The number of aliphatic hydroxyl groups is 1. The number of aliphatic hydroxyl groups excluding tert-OH is 1. The second kappa shape index (κ2) is 7.87. The van der Waals surface area contributed by atoms with Crippen molar-refractivity contribution in [2.75, 3.05) is 26.9 Å². The molecular formula is C17H23NO5. The number of esters is 1. The molecule has 0 aliphatic carbocycles. The summed E-state index contributed by atoms with van der Waals surface area (Å²) in [7, 11) is 1.36. The summed E-state index contributed by atoms with van der Waals surface area (Å²) in [6, 6.07) is 3.68. The molecule has 0 atom stereocenters. The average Bonchev–Trinajstić information content (AvgIpc) is 2.90. The molecule has 2 aromatic rings. The third-order valence-electron chi connectivity index (χ3n) is 3.51. The van der Waals surface area contributed by atoms with Gasteiger partial charge in [0.05, 0.1) is 31.4 Å². The molecular weight excluding hydrogens is 298 g/mol. The number of hydrogen-bond donors (Lipinski definition) is 1. The van der Waals surface area contributed by atoms with Gasteiger partial charge in [-0.05, 0) is 26.3 Å². The summed E-state index contributed by atoms with van der Waals surface area (Å²) in [5.74, 6) is 0.845. The second-order valence-electron chi connectivity index (χ2n) is 4.99. The number of ether oxygens (including phenoxy) is 3. The van der Waals surface area contributed by atoms with Crippen molar-refractivity contribution in [1.29, 1.82) is 0 Å². The fourth-order valence-corrected chi connectivity index (χ4v) is 2.53. The average molecular weight is 321 g/mol. The van der Waals surface area contributed by atoms with Crippen LogP contribution in [0.4, 0.5) is 0 Å². The number of nitrogens with zero attached hydrogens (tertiary/aromatic N) is 1. The highest BCUT2D eigenvalue weighted by Crippen LogP contribution is 2.35. The molecule has 0 saturated carbocycles. The Bertz CT molecular complexity index is 677. The highest BCUT2D eigenvalue weighted by atomic mass is 16.5. The van der Waals surface area contributed by atoms with Crippen molar-refractivity contribution in [1.82, 2.24) is 4.57 Å². The van der Waals surface area contributed by atoms with E-state index in [4.69, 9.17) is 19.3 Å². The summed E-state index contributed by atoms with van der Waals surface area (Å²) in [5, 5.41) is 9.82. The normalized spacial score (nSPS) is 10.8. The summed E-state index contributed by atoms with van der Waals surface area (Å²) in [6.07, 6.45) is 2.35. The van der Waals surface area contributed by atoms with Gasteiger partial charge >= 0.3 is 5.97 Å². The lowest BCUT2D eigenvalue weighted by Gasteiger charge is -2.12. The summed E-state index contributed by atoms with van der Waals surface area (Å²) in [4.78, 5) is 12.0. The quantitative estimate of drug-likeness (QED) is 0.757. The van der Waals surface area contributed by atoms with Crippen LogP contribution >= 0.6 is 0 Å². The first-order valence-corrected chi connectivity index (χ1v) is 7.77. The van der Waals surface area contributed by atoms with Crippen molar-refractivity contribution in [2.24, 2.45) is 0 Å². The minimum absolute atomic E-state index is 0.0859. The molecule has 0 radical (unpaired) electrons. The SMILES string of the molecule is CCOc1cc2c(C(=O)OC)cn(CCCO)c2cc1OCC. The minimum atomic E-state index is -0.399. The van der Waals surface area contributed by atoms with Gasteiger partial charge in [-0.3, -0.25) is 0 Å². The summed E-state index contributed by atoms with van der Waals surface area (Å²) < 4.78 is 18.1. The molecule has 126 valence electrons. The molecule has 1 heterocycles. The largest absolute Gasteiger partial charge is 0.490 e. The molecule has 0 aliphatic heterocycles. The lowest BCUT2D eigenvalue weighted by atomic mass is 10.1. The predicted molar refractivity (Wildman–Crippen MR) is 87.3 cm³/mol. The van der Waals surface area contributed by atoms with Crippen LogP contribution in [0.2, 0.25) is 0 Å². The fourth-order valence-electron chi connectivity index (χ4n) is 2.53. The summed E-state index contributed by atoms with van der Waals surface area (Å²) in [5.41, 5.74) is 1.33. The number of fused-ring (bicyclic) bond motifs is 1. The van der Waals surface area contributed by atoms with Crippen LogP contribution < -0.4 is 9.47 Å². The van der Waals surface area contributed by atoms with Gasteiger partial charge in [0.25, 0.3) is 0 Å². The highest BCUT2D eigenvalue weighted by Gasteiger charge is 2.19. The standard InChI is InChI=1S/C17H23NO5/c1-4-22-15-9-12-13(17(20)21-3)11-18(7-6-8-19)14(12)10-16(15)23-5-2/h9-11,19H,4-8H2,1-3H3. The van der Waals surface area contributed by atoms with Crippen LogP contribution in [0.1, 0.15) is 30.6 Å². The topological polar surface area (TPSA) is 69.9 Å². The maximum atomic E-state index is 12.0. The van der Waals surface area contributed by atoms with E-state index in [1.807, 2.05) is 30.5 Å². The van der Waals surface area contributed by atoms with Gasteiger partial charge in [-0.1, -0.05) is 0 Å². The molecule has 0 saturated heterocycles. The summed E-state index contributed by atoms with van der Waals surface area (Å²) >= 11 is 0. The number of benzene rings is 1. The maximum Gasteiger partial charge on any atom is 0.340 e. The number of aromatic nitrogens is 1. The molecule has 0 fully saturated rings. The zero-order chi connectivity index (χ0) is 16.8. The smallest absolute Gasteiger partial charge is 0.340 e. The fraction of sp³-hybridized carbons (Fsp3) is 0.471. The van der Waals surface area contributed by atoms with Gasteiger partial charge in [-0.15, -0.1) is 0 Å². The minimum Gasteiger partial charge on any atom is -0.490 e. The van der Waals surface area contributed by atoms with Crippen LogP contribution in [0.25, 0.3) is 10.9 Å². The first kappa shape index (κ1) is 17.1. The van der Waals surface area contributed by atoms with Gasteiger partial charge in [0, 0.05) is 30.8 Å². The highest BCUT2D eigenvalue weighted by molar-refractivity contribution is 6.05. The van der Waals surface area contributed by atoms with Crippen molar-refractivity contribution in [3.63, 3.8) is 0 Å². The van der Waals surface area contributed by atoms with Crippen molar-refractivity contribution in [3.05, 3.63) is 23.9 Å². The zero-order valence-corrected chi connectivity index (χ0v) is 13.8. The molecule has 1 aromatic heterocycles. The van der Waals surface area contributed by atoms with Crippen LogP contribution in [-0.2, 0) is 11.3 Å². The number of carbonyl (C=O) groups is 1. The van der Waals surface area contributed by atoms with Gasteiger partial charge in [-0.25, -0.2) is 4.79 Å². The third kappa shape index (κ3) is 3.59. The van der Waals surface area contributed by atoms with Crippen LogP contribution in [0.15, 0.2) is 18.3 Å². The summed E-state index contributed by atoms with van der Waals surface area (Å²) in [6.45, 7) is 5.52. The van der Waals surface area contributed by atoms with Crippen molar-refractivity contribution in [2.45, 2.75) is 26.8 Å². The van der Waals surface area contributed by atoms with Gasteiger partial charge in [-0.2, -0.15) is 0 Å². The van der Waals surface area contributed by atoms with E-state index in [2.05, 4.69) is 0 Å². The van der Waals surface area contributed by atoms with E-state index in [1.165, 1.54) is 7.11 Å². The number of carbonyl (C=O) groups excluding carboxylic acids is 1. The van der Waals surface area contributed by atoms with E-state index >= 15 is 0 Å². The molecule has 1 aromatic carbocycles. The molecule has 0 unspecified atom stereocenters. The van der Waals surface area contributed by atoms with E-state index in [-0.39, 0.29) is 6.61 Å². The molecule has 1 N–H and O–H groups in total. The number of hydrogen-bond acceptors (Lipinski definition) is 5. The van der Waals surface area contributed by atoms with Gasteiger partial charge in [0.2, 0.25) is 0 Å². The van der Waals surface area contributed by atoms with Crippen LogP contribution in [-0.4, -0.2) is 42.6 Å². The molecule has 0 bridgehead atoms. The van der Waals surface area contributed by atoms with E-state index in [0.29, 0.717) is 43.2 Å². The van der Waals surface area contributed by atoms with Crippen molar-refractivity contribution >= 4 is 16.9 Å². The van der Waals surface area contributed by atoms with E-state index < -0.39 is 5.97 Å². The molecule has 0 spiro atoms. The van der Waals surface area contributed by atoms with Gasteiger partial charge < -0.3 is 23.9 Å². The van der Waals surface area contributed by atoms with Gasteiger partial charge in [0.15, 0.2) is 11.5 Å². The monoisotopic (exact) mass is 321 g/mol. The van der Waals surface area contributed by atoms with E-state index in [0.717, 1.165) is 10.9 Å². The lowest BCUT2D eigenvalue weighted by molar-refractivity contribution is 0.0602. The number of rotatable bonds is 8. The second-order valence-corrected chi connectivity index (χ2v) is 4.99. The molecule has 0 aliphatic rings. The van der Waals surface area contributed by atoms with Crippen molar-refractivity contribution < 1.29 is 24.1 Å². The van der Waals surface area contributed by atoms with Crippen molar-refractivity contribution in [3.8, 4) is 11.5 Å². The Hall–Kier alpha value is -2.21. The Morgan fingerprint density at radius 3 is 2.39 bits per heavy atom. The van der Waals surface area contributed by atoms with Crippen LogP contribution in [0.3, 0.4) is 0 Å². The van der Waals surface area contributed by atoms with E-state index in [9.17, 15) is 4.79 Å². The van der Waals surface area contributed by atoms with Crippen LogP contribution in [0, 0.1) is 0 Å². The Morgan fingerprint density at radius 1 is 1.17 bits per heavy atom.